The number of anilines is 1. The Labute approximate surface area is 675 Å². The summed E-state index contributed by atoms with van der Waals surface area (Å²) in [5, 5.41) is 0. The van der Waals surface area contributed by atoms with Crippen molar-refractivity contribution in [3.8, 4) is 44.5 Å². The molecule has 0 saturated heterocycles. The van der Waals surface area contributed by atoms with E-state index in [4.69, 9.17) is 15.7 Å². The minimum absolute atomic E-state index is 0.408. The van der Waals surface area contributed by atoms with E-state index in [0.717, 1.165) is 5.56 Å². The lowest BCUT2D eigenvalue weighted by atomic mass is 10.0. The second-order valence-electron chi connectivity index (χ2n) is 31.0. The molecule has 0 radical (unpaired) electrons. The Kier molecular flexibility index (Phi) is 39.4. The lowest BCUT2D eigenvalue weighted by Crippen LogP contribution is -2.50. The molecule has 2 aliphatic heterocycles. The third kappa shape index (κ3) is 28.1. The third-order valence-electron chi connectivity index (χ3n) is 22.1. The van der Waals surface area contributed by atoms with Crippen molar-refractivity contribution in [1.82, 2.24) is 19.9 Å². The van der Waals surface area contributed by atoms with Crippen molar-refractivity contribution in [2.75, 3.05) is 84.3 Å². The fraction of sp³-hybridized carbons (Fsp3) is 0.522. The lowest BCUT2D eigenvalue weighted by Gasteiger charge is -2.39. The minimum Gasteiger partial charge on any atom is -0.744 e. The van der Waals surface area contributed by atoms with Crippen LogP contribution in [-0.2, 0) is 30.4 Å². The second-order valence-corrected chi connectivity index (χ2v) is 35.1. The molecule has 8 bridgehead atoms. The summed E-state index contributed by atoms with van der Waals surface area (Å²) >= 11 is 0. The topological polar surface area (TPSA) is 255 Å². The van der Waals surface area contributed by atoms with Gasteiger partial charge in [-0.2, -0.15) is 0 Å². The standard InChI is InChI=1S/C44H31N5O9S3.3C16H36N/c45-29-9-1-25(2-10-29)41-33-17-19-35(46-33)42(26-3-11-30(12-4-26)59(50,51)52)37-21-23-39(48-37)44(28-7-15-32(16-8-28)61(56,57)58)40-24-22-38(49-40)43(36-20-18-34(41)47-36)27-5-13-31(14-6-27)60(53,54)55;3*1-5-9-13-17(14-10-6-2,15-11-7-3)16-12-8-4/h1-24,46,49H,45H2,(H,50,51,52)(H,53,54,55)(H,56,57,58);3*5-16H2,1-4H3/q;3*+1/p-3. The van der Waals surface area contributed by atoms with Gasteiger partial charge in [0.1, 0.15) is 30.4 Å². The fourth-order valence-electron chi connectivity index (χ4n) is 15.4. The van der Waals surface area contributed by atoms with Crippen LogP contribution in [0.2, 0.25) is 0 Å². The number of aromatic amines is 2. The Hall–Kier alpha value is -7.11. The zero-order valence-corrected chi connectivity index (χ0v) is 72.5. The highest BCUT2D eigenvalue weighted by Gasteiger charge is 2.28. The first-order chi connectivity index (χ1) is 53.7. The molecule has 5 heterocycles. The van der Waals surface area contributed by atoms with Gasteiger partial charge in [0.2, 0.25) is 0 Å². The molecule has 0 atom stereocenters. The van der Waals surface area contributed by atoms with Gasteiger partial charge in [0.05, 0.1) is 116 Å². The predicted molar refractivity (Wildman–Crippen MR) is 467 cm³/mol. The molecule has 17 nitrogen and oxygen atoms in total. The van der Waals surface area contributed by atoms with E-state index < -0.39 is 45.0 Å². The van der Waals surface area contributed by atoms with Gasteiger partial charge in [-0.05, 0) is 196 Å². The van der Waals surface area contributed by atoms with E-state index in [-0.39, 0.29) is 0 Å². The number of aromatic nitrogens is 4. The monoisotopic (exact) mass is 1590 g/mol. The molecule has 616 valence electrons. The number of fused-ring (bicyclic) bond motifs is 8. The highest BCUT2D eigenvalue weighted by atomic mass is 32.2. The maximum Gasteiger partial charge on any atom is 0.124 e. The molecule has 2 aliphatic rings. The molecule has 0 aliphatic carbocycles. The Morgan fingerprint density at radius 3 is 0.580 bits per heavy atom. The van der Waals surface area contributed by atoms with Gasteiger partial charge < -0.3 is 42.8 Å². The average Bonchev–Trinajstić information content (AvgIpc) is 1.61. The summed E-state index contributed by atoms with van der Waals surface area (Å²) in [6.45, 7) is 45.1. The average molecular weight is 1590 g/mol. The van der Waals surface area contributed by atoms with Crippen LogP contribution in [0.3, 0.4) is 0 Å². The van der Waals surface area contributed by atoms with Crippen LogP contribution in [0.15, 0.2) is 136 Å². The molecular formula is C92H136N8O9S3. The van der Waals surface area contributed by atoms with Crippen molar-refractivity contribution < 1.29 is 52.4 Å². The summed E-state index contributed by atoms with van der Waals surface area (Å²) < 4.78 is 111. The van der Waals surface area contributed by atoms with Crippen LogP contribution in [-0.4, -0.2) is 151 Å². The minimum atomic E-state index is -4.77. The fourth-order valence-corrected chi connectivity index (χ4v) is 16.8. The Balaban J connectivity index is 0.000000311. The highest BCUT2D eigenvalue weighted by molar-refractivity contribution is 7.86. The quantitative estimate of drug-likeness (QED) is 0.0183. The van der Waals surface area contributed by atoms with Crippen LogP contribution in [0.4, 0.5) is 5.69 Å². The van der Waals surface area contributed by atoms with Crippen LogP contribution < -0.4 is 5.73 Å². The van der Waals surface area contributed by atoms with Crippen LogP contribution in [0.25, 0.3) is 90.9 Å². The Morgan fingerprint density at radius 2 is 0.429 bits per heavy atom. The zero-order valence-electron chi connectivity index (χ0n) is 70.0. The molecule has 0 spiro atoms. The van der Waals surface area contributed by atoms with Crippen LogP contribution in [0.1, 0.15) is 260 Å². The van der Waals surface area contributed by atoms with Gasteiger partial charge >= 0.3 is 0 Å². The van der Waals surface area contributed by atoms with E-state index >= 15 is 0 Å². The van der Waals surface area contributed by atoms with Gasteiger partial charge in [-0.25, -0.2) is 35.2 Å². The number of benzene rings is 4. The molecule has 7 aromatic rings. The van der Waals surface area contributed by atoms with Gasteiger partial charge in [-0.3, -0.25) is 0 Å². The number of hydrogen-bond donors (Lipinski definition) is 3. The van der Waals surface area contributed by atoms with Crippen molar-refractivity contribution >= 4 is 82.4 Å². The number of quaternary nitrogens is 3. The summed E-state index contributed by atoms with van der Waals surface area (Å²) in [6, 6.07) is 30.9. The Bertz CT molecular complexity index is 4300. The normalized spacial score (nSPS) is 12.5. The van der Waals surface area contributed by atoms with E-state index in [1.165, 1.54) is 319 Å². The van der Waals surface area contributed by atoms with Crippen molar-refractivity contribution in [3.05, 3.63) is 144 Å². The zero-order chi connectivity index (χ0) is 81.8. The molecule has 112 heavy (non-hydrogen) atoms. The number of unbranched alkanes of at least 4 members (excludes halogenated alkanes) is 12. The largest absolute Gasteiger partial charge is 0.744 e. The molecule has 20 heteroatoms. The van der Waals surface area contributed by atoms with Crippen LogP contribution in [0, 0.1) is 0 Å². The van der Waals surface area contributed by atoms with Crippen molar-refractivity contribution in [2.24, 2.45) is 0 Å². The van der Waals surface area contributed by atoms with Gasteiger partial charge in [-0.1, -0.05) is 209 Å². The molecule has 0 unspecified atom stereocenters. The molecule has 4 aromatic carbocycles. The van der Waals surface area contributed by atoms with Crippen molar-refractivity contribution in [2.45, 2.75) is 252 Å². The van der Waals surface area contributed by atoms with Crippen LogP contribution >= 0.6 is 0 Å². The van der Waals surface area contributed by atoms with E-state index in [1.807, 2.05) is 36.4 Å². The maximum absolute atomic E-state index is 11.9. The van der Waals surface area contributed by atoms with E-state index in [0.29, 0.717) is 89.5 Å². The molecular weight excluding hydrogens is 1460 g/mol. The number of nitrogens with zero attached hydrogens (tertiary/aromatic N) is 5. The first-order valence-corrected chi connectivity index (χ1v) is 46.7. The highest BCUT2D eigenvalue weighted by Crippen LogP contribution is 2.40. The predicted octanol–water partition coefficient (Wildman–Crippen LogP) is 22.6. The van der Waals surface area contributed by atoms with Gasteiger partial charge in [0.15, 0.2) is 0 Å². The number of nitrogens with two attached hydrogens (primary N) is 1. The second kappa shape index (κ2) is 47.1. The number of hydrogen-bond acceptors (Lipinski definition) is 12. The molecule has 3 aromatic heterocycles. The summed E-state index contributed by atoms with van der Waals surface area (Å²) in [4.78, 5) is 15.9. The van der Waals surface area contributed by atoms with E-state index in [9.17, 15) is 38.9 Å². The van der Waals surface area contributed by atoms with Crippen molar-refractivity contribution in [3.63, 3.8) is 0 Å². The molecule has 0 saturated carbocycles. The lowest BCUT2D eigenvalue weighted by molar-refractivity contribution is -0.929. The molecule has 4 N–H and O–H groups in total. The number of H-pyrrole nitrogens is 2. The summed E-state index contributed by atoms with van der Waals surface area (Å²) in [6.07, 6.45) is 40.3. The van der Waals surface area contributed by atoms with Gasteiger partial charge in [-0.15, -0.1) is 0 Å². The van der Waals surface area contributed by atoms with Crippen molar-refractivity contribution in [1.29, 1.82) is 0 Å². The number of nitrogen functional groups attached to an aromatic ring is 1. The molecule has 9 rings (SSSR count). The van der Waals surface area contributed by atoms with E-state index in [1.54, 1.807) is 36.4 Å². The number of nitrogens with one attached hydrogen (secondary N) is 2. The smallest absolute Gasteiger partial charge is 0.124 e. The molecule has 0 fully saturated rings. The van der Waals surface area contributed by atoms with E-state index in [2.05, 4.69) is 93.1 Å². The first-order valence-electron chi connectivity index (χ1n) is 42.5. The first kappa shape index (κ1) is 93.7. The SMILES string of the molecule is CCCC[N+](CCCC)(CCCC)CCCC.CCCC[N+](CCCC)(CCCC)CCCC.CCCC[N+](CCCC)(CCCC)CCCC.Nc1ccc(-c2c3nc(c(-c4ccc(S(=O)(=O)[O-])cc4)c4ccc([nH]4)c(-c4ccc(S(=O)(=O)[O-])cc4)c4nc(c(-c5ccc(S(=O)(=O)[O-])cc5)c5ccc2[nH]5)C=C4)C=C3)cc1. The molecule has 0 amide bonds. The summed E-state index contributed by atoms with van der Waals surface area (Å²) in [5.41, 5.74) is 15.4. The third-order valence-corrected chi connectivity index (χ3v) is 24.6. The van der Waals surface area contributed by atoms with Gasteiger partial charge in [0.25, 0.3) is 0 Å². The summed E-state index contributed by atoms with van der Waals surface area (Å²) in [5.74, 6) is 0. The Morgan fingerprint density at radius 1 is 0.268 bits per heavy atom. The maximum atomic E-state index is 11.9. The summed E-state index contributed by atoms with van der Waals surface area (Å²) in [7, 11) is -14.3. The van der Waals surface area contributed by atoms with Gasteiger partial charge in [0, 0.05) is 50.0 Å². The number of rotatable bonds is 43. The van der Waals surface area contributed by atoms with Crippen LogP contribution in [0.5, 0.6) is 0 Å².